The van der Waals surface area contributed by atoms with Crippen molar-refractivity contribution in [3.63, 3.8) is 0 Å². The second-order valence-corrected chi connectivity index (χ2v) is 8.44. The van der Waals surface area contributed by atoms with Crippen molar-refractivity contribution in [2.24, 2.45) is 11.3 Å². The van der Waals surface area contributed by atoms with Crippen molar-refractivity contribution in [2.75, 3.05) is 5.73 Å². The Morgan fingerprint density at radius 3 is 2.71 bits per heavy atom. The smallest absolute Gasteiger partial charge is 0.0346 e. The normalized spacial score (nSPS) is 43.8. The van der Waals surface area contributed by atoms with Crippen molar-refractivity contribution < 1.29 is 0 Å². The van der Waals surface area contributed by atoms with E-state index in [1.165, 1.54) is 36.8 Å². The minimum absolute atomic E-state index is 0.283. The van der Waals surface area contributed by atoms with Crippen molar-refractivity contribution in [3.8, 4) is 0 Å². The minimum atomic E-state index is 0.283. The molecule has 2 bridgehead atoms. The van der Waals surface area contributed by atoms with E-state index in [1.54, 1.807) is 11.1 Å². The Balaban J connectivity index is 2.08. The first-order chi connectivity index (χ1) is 9.76. The molecule has 0 aliphatic heterocycles. The van der Waals surface area contributed by atoms with E-state index in [-0.39, 0.29) is 5.41 Å². The molecule has 1 spiro atoms. The molecule has 3 aliphatic rings. The van der Waals surface area contributed by atoms with Gasteiger partial charge in [-0.1, -0.05) is 39.0 Å². The molecule has 2 saturated carbocycles. The highest BCUT2D eigenvalue weighted by molar-refractivity contribution is 5.64. The number of fused-ring (bicyclic) bond motifs is 3. The molecule has 21 heavy (non-hydrogen) atoms. The molecule has 1 nitrogen and oxygen atoms in total. The number of nitrogens with two attached hydrogens (primary N) is 1. The first kappa shape index (κ1) is 13.4. The number of nitrogen functional groups attached to an aromatic ring is 1. The van der Waals surface area contributed by atoms with Crippen LogP contribution < -0.4 is 5.73 Å². The van der Waals surface area contributed by atoms with Crippen LogP contribution in [0, 0.1) is 18.3 Å². The van der Waals surface area contributed by atoms with Gasteiger partial charge in [-0.15, -0.1) is 0 Å². The molecule has 3 aliphatic carbocycles. The van der Waals surface area contributed by atoms with Crippen LogP contribution in [0.25, 0.3) is 0 Å². The third-order valence-electron chi connectivity index (χ3n) is 7.82. The minimum Gasteiger partial charge on any atom is -0.399 e. The molecule has 0 saturated heterocycles. The molecule has 1 aromatic carbocycles. The second-order valence-electron chi connectivity index (χ2n) is 8.44. The zero-order valence-electron chi connectivity index (χ0n) is 13.8. The maximum atomic E-state index is 6.28. The highest BCUT2D eigenvalue weighted by Gasteiger charge is 2.71. The second kappa shape index (κ2) is 3.56. The lowest BCUT2D eigenvalue weighted by molar-refractivity contribution is 0.0744. The van der Waals surface area contributed by atoms with Gasteiger partial charge in [0.1, 0.15) is 0 Å². The van der Waals surface area contributed by atoms with Gasteiger partial charge in [-0.05, 0) is 72.1 Å². The van der Waals surface area contributed by atoms with Crippen molar-refractivity contribution in [3.05, 3.63) is 41.0 Å². The van der Waals surface area contributed by atoms with Gasteiger partial charge in [0, 0.05) is 11.1 Å². The fourth-order valence-corrected chi connectivity index (χ4v) is 6.38. The maximum absolute atomic E-state index is 6.28. The van der Waals surface area contributed by atoms with Crippen LogP contribution in [0.5, 0.6) is 0 Å². The molecule has 0 radical (unpaired) electrons. The van der Waals surface area contributed by atoms with Gasteiger partial charge in [-0.3, -0.25) is 0 Å². The summed E-state index contributed by atoms with van der Waals surface area (Å²) in [5.74, 6) is 0.730. The third-order valence-corrected chi connectivity index (χ3v) is 7.82. The topological polar surface area (TPSA) is 26.0 Å². The van der Waals surface area contributed by atoms with Crippen molar-refractivity contribution in [1.29, 1.82) is 0 Å². The quantitative estimate of drug-likeness (QED) is 0.532. The fourth-order valence-electron chi connectivity index (χ4n) is 6.38. The molecule has 0 amide bonds. The monoisotopic (exact) mass is 281 g/mol. The first-order valence-electron chi connectivity index (χ1n) is 8.33. The average Bonchev–Trinajstić information content (AvgIpc) is 2.78. The molecular weight excluding hydrogens is 254 g/mol. The number of hydrogen-bond donors (Lipinski definition) is 1. The van der Waals surface area contributed by atoms with Crippen LogP contribution in [0.15, 0.2) is 24.3 Å². The highest BCUT2D eigenvalue weighted by atomic mass is 14.7. The largest absolute Gasteiger partial charge is 0.399 e. The van der Waals surface area contributed by atoms with Gasteiger partial charge in [-0.25, -0.2) is 0 Å². The summed E-state index contributed by atoms with van der Waals surface area (Å²) in [4.78, 5) is 0. The maximum Gasteiger partial charge on any atom is 0.0346 e. The predicted octanol–water partition coefficient (Wildman–Crippen LogP) is 4.87. The van der Waals surface area contributed by atoms with Crippen LogP contribution >= 0.6 is 0 Å². The van der Waals surface area contributed by atoms with Crippen LogP contribution in [0.2, 0.25) is 0 Å². The molecule has 112 valence electrons. The SMILES string of the molecule is C=C1CCC2(C)C(C)C3(C)CC2(C1)c1c3ccc(N)c1C. The van der Waals surface area contributed by atoms with Crippen LogP contribution in [-0.2, 0) is 10.8 Å². The van der Waals surface area contributed by atoms with Crippen molar-refractivity contribution in [2.45, 2.75) is 64.2 Å². The Kier molecular flexibility index (Phi) is 2.28. The van der Waals surface area contributed by atoms with Crippen LogP contribution in [0.4, 0.5) is 5.69 Å². The van der Waals surface area contributed by atoms with Crippen molar-refractivity contribution >= 4 is 5.69 Å². The summed E-state index contributed by atoms with van der Waals surface area (Å²) < 4.78 is 0. The van der Waals surface area contributed by atoms with E-state index >= 15 is 0 Å². The lowest BCUT2D eigenvalue weighted by Crippen LogP contribution is -2.48. The van der Waals surface area contributed by atoms with Gasteiger partial charge in [0.25, 0.3) is 0 Å². The van der Waals surface area contributed by atoms with Gasteiger partial charge in [0.05, 0.1) is 0 Å². The summed E-state index contributed by atoms with van der Waals surface area (Å²) in [5.41, 5.74) is 14.2. The number of anilines is 1. The molecule has 4 rings (SSSR count). The lowest BCUT2D eigenvalue weighted by Gasteiger charge is -2.54. The van der Waals surface area contributed by atoms with E-state index in [1.807, 2.05) is 0 Å². The Bertz CT molecular complexity index is 673. The van der Waals surface area contributed by atoms with E-state index in [0.717, 1.165) is 11.6 Å². The first-order valence-corrected chi connectivity index (χ1v) is 8.33. The number of allylic oxidation sites excluding steroid dienone is 1. The molecule has 4 unspecified atom stereocenters. The zero-order valence-corrected chi connectivity index (χ0v) is 13.8. The molecule has 2 N–H and O–H groups in total. The van der Waals surface area contributed by atoms with E-state index in [2.05, 4.69) is 46.4 Å². The number of benzene rings is 1. The Labute approximate surface area is 128 Å². The molecule has 1 heteroatoms. The van der Waals surface area contributed by atoms with Crippen LogP contribution in [0.3, 0.4) is 0 Å². The molecule has 1 aromatic rings. The van der Waals surface area contributed by atoms with Gasteiger partial charge in [0.15, 0.2) is 0 Å². The van der Waals surface area contributed by atoms with Gasteiger partial charge >= 0.3 is 0 Å². The average molecular weight is 281 g/mol. The summed E-state index contributed by atoms with van der Waals surface area (Å²) in [6.07, 6.45) is 4.95. The van der Waals surface area contributed by atoms with Crippen LogP contribution in [-0.4, -0.2) is 0 Å². The Morgan fingerprint density at radius 2 is 2.00 bits per heavy atom. The van der Waals surface area contributed by atoms with Crippen molar-refractivity contribution in [1.82, 2.24) is 0 Å². The summed E-state index contributed by atoms with van der Waals surface area (Å²) in [6.45, 7) is 14.1. The van der Waals surface area contributed by atoms with E-state index in [0.29, 0.717) is 10.8 Å². The summed E-state index contributed by atoms with van der Waals surface area (Å²) in [5, 5.41) is 0. The standard InChI is InChI=1S/C20H27N/c1-12-8-9-19(5)14(3)18(4)11-20(19,10-12)17-13(2)16(21)7-6-15(17)18/h6-7,14H,1,8-11,21H2,2-5H3. The predicted molar refractivity (Wildman–Crippen MR) is 89.5 cm³/mol. The summed E-state index contributed by atoms with van der Waals surface area (Å²) in [7, 11) is 0. The molecule has 0 heterocycles. The lowest BCUT2D eigenvalue weighted by atomic mass is 9.50. The number of rotatable bonds is 0. The Hall–Kier alpha value is -1.24. The van der Waals surface area contributed by atoms with E-state index in [4.69, 9.17) is 5.73 Å². The van der Waals surface area contributed by atoms with E-state index < -0.39 is 0 Å². The van der Waals surface area contributed by atoms with Gasteiger partial charge in [-0.2, -0.15) is 0 Å². The van der Waals surface area contributed by atoms with E-state index in [9.17, 15) is 0 Å². The molecular formula is C20H27N. The zero-order chi connectivity index (χ0) is 15.2. The van der Waals surface area contributed by atoms with Gasteiger partial charge < -0.3 is 5.73 Å². The highest BCUT2D eigenvalue weighted by Crippen LogP contribution is 2.76. The van der Waals surface area contributed by atoms with Crippen LogP contribution in [0.1, 0.15) is 63.1 Å². The fraction of sp³-hybridized carbons (Fsp3) is 0.600. The Morgan fingerprint density at radius 1 is 1.29 bits per heavy atom. The molecule has 2 fully saturated rings. The number of hydrogen-bond acceptors (Lipinski definition) is 1. The third kappa shape index (κ3) is 1.22. The summed E-state index contributed by atoms with van der Waals surface area (Å²) in [6, 6.07) is 4.44. The van der Waals surface area contributed by atoms with Gasteiger partial charge in [0.2, 0.25) is 0 Å². The summed E-state index contributed by atoms with van der Waals surface area (Å²) >= 11 is 0. The molecule has 4 atom stereocenters. The molecule has 0 aromatic heterocycles.